The zero-order valence-corrected chi connectivity index (χ0v) is 15.7. The number of aryl methyl sites for hydroxylation is 1. The molecule has 1 N–H and O–H groups in total. The van der Waals surface area contributed by atoms with E-state index in [1.54, 1.807) is 30.3 Å². The molecule has 4 aromatic rings. The van der Waals surface area contributed by atoms with E-state index in [0.717, 1.165) is 4.57 Å². The van der Waals surface area contributed by atoms with Gasteiger partial charge in [-0.2, -0.15) is 0 Å². The van der Waals surface area contributed by atoms with Gasteiger partial charge in [0.05, 0.1) is 11.1 Å². The van der Waals surface area contributed by atoms with Crippen LogP contribution in [0.5, 0.6) is 0 Å². The third-order valence-electron chi connectivity index (χ3n) is 5.55. The standard InChI is InChI=1S/C22H16FN3O3/c1-25-20-17(21(28)26(2)22(25)29)15(13-9-5-6-10-14(13)23)16-18(24-20)11-7-3-4-8-12(11)19(16)27/h3-10,19,27H,1-2H3/t19-/m1/s1. The molecule has 0 unspecified atom stereocenters. The molecule has 0 amide bonds. The van der Waals surface area contributed by atoms with Crippen molar-refractivity contribution in [2.24, 2.45) is 14.1 Å². The number of hydrogen-bond donors (Lipinski definition) is 1. The van der Waals surface area contributed by atoms with E-state index in [4.69, 9.17) is 0 Å². The molecule has 0 saturated carbocycles. The molecule has 0 saturated heterocycles. The first-order valence-corrected chi connectivity index (χ1v) is 9.07. The van der Waals surface area contributed by atoms with Crippen LogP contribution in [0.1, 0.15) is 17.2 Å². The van der Waals surface area contributed by atoms with Crippen LogP contribution in [-0.2, 0) is 14.1 Å². The van der Waals surface area contributed by atoms with Gasteiger partial charge in [0.1, 0.15) is 11.9 Å². The third kappa shape index (κ3) is 2.22. The van der Waals surface area contributed by atoms with Crippen molar-refractivity contribution < 1.29 is 9.50 Å². The van der Waals surface area contributed by atoms with E-state index in [-0.39, 0.29) is 22.2 Å². The molecule has 29 heavy (non-hydrogen) atoms. The van der Waals surface area contributed by atoms with Gasteiger partial charge in [-0.3, -0.25) is 13.9 Å². The first-order valence-electron chi connectivity index (χ1n) is 9.07. The fourth-order valence-electron chi connectivity index (χ4n) is 4.12. The van der Waals surface area contributed by atoms with Crippen molar-refractivity contribution >= 4 is 11.0 Å². The van der Waals surface area contributed by atoms with Gasteiger partial charge in [-0.25, -0.2) is 14.2 Å². The number of halogens is 1. The van der Waals surface area contributed by atoms with E-state index < -0.39 is 23.2 Å². The first kappa shape index (κ1) is 17.5. The third-order valence-corrected chi connectivity index (χ3v) is 5.55. The van der Waals surface area contributed by atoms with Crippen LogP contribution in [0.4, 0.5) is 4.39 Å². The van der Waals surface area contributed by atoms with Crippen LogP contribution in [0.25, 0.3) is 33.4 Å². The van der Waals surface area contributed by atoms with Crippen LogP contribution in [0.2, 0.25) is 0 Å². The molecule has 2 aromatic heterocycles. The van der Waals surface area contributed by atoms with Crippen molar-refractivity contribution in [3.8, 4) is 22.4 Å². The van der Waals surface area contributed by atoms with E-state index in [0.29, 0.717) is 22.4 Å². The molecule has 0 radical (unpaired) electrons. The number of fused-ring (bicyclic) bond motifs is 4. The highest BCUT2D eigenvalue weighted by atomic mass is 19.1. The Morgan fingerprint density at radius 1 is 0.966 bits per heavy atom. The van der Waals surface area contributed by atoms with Crippen LogP contribution < -0.4 is 11.2 Å². The number of nitrogens with zero attached hydrogens (tertiary/aromatic N) is 3. The maximum Gasteiger partial charge on any atom is 0.332 e. The van der Waals surface area contributed by atoms with Crippen LogP contribution in [0.15, 0.2) is 58.1 Å². The fraction of sp³-hybridized carbons (Fsp3) is 0.136. The van der Waals surface area contributed by atoms with Crippen molar-refractivity contribution in [1.29, 1.82) is 0 Å². The summed E-state index contributed by atoms with van der Waals surface area (Å²) >= 11 is 0. The molecule has 2 heterocycles. The summed E-state index contributed by atoms with van der Waals surface area (Å²) < 4.78 is 17.1. The number of aliphatic hydroxyl groups excluding tert-OH is 1. The van der Waals surface area contributed by atoms with Gasteiger partial charge in [0.15, 0.2) is 5.65 Å². The molecule has 0 bridgehead atoms. The number of rotatable bonds is 1. The average molecular weight is 389 g/mol. The Bertz CT molecular complexity index is 1450. The van der Waals surface area contributed by atoms with Gasteiger partial charge in [0.25, 0.3) is 5.56 Å². The Morgan fingerprint density at radius 2 is 1.62 bits per heavy atom. The lowest BCUT2D eigenvalue weighted by Crippen LogP contribution is -2.37. The molecule has 0 spiro atoms. The van der Waals surface area contributed by atoms with Gasteiger partial charge < -0.3 is 5.11 Å². The summed E-state index contributed by atoms with van der Waals surface area (Å²) in [6.45, 7) is 0. The maximum absolute atomic E-state index is 14.9. The maximum atomic E-state index is 14.9. The minimum absolute atomic E-state index is 0.102. The summed E-state index contributed by atoms with van der Waals surface area (Å²) in [4.78, 5) is 30.2. The van der Waals surface area contributed by atoms with Crippen molar-refractivity contribution in [2.75, 3.05) is 0 Å². The molecular formula is C22H16FN3O3. The van der Waals surface area contributed by atoms with Crippen LogP contribution >= 0.6 is 0 Å². The molecule has 2 aromatic carbocycles. The minimum Gasteiger partial charge on any atom is -0.384 e. The van der Waals surface area contributed by atoms with Crippen molar-refractivity contribution in [1.82, 2.24) is 14.1 Å². The Hall–Kier alpha value is -3.58. The van der Waals surface area contributed by atoms with Gasteiger partial charge in [0, 0.05) is 36.3 Å². The molecule has 6 nitrogen and oxygen atoms in total. The van der Waals surface area contributed by atoms with Gasteiger partial charge >= 0.3 is 5.69 Å². The van der Waals surface area contributed by atoms with Crippen molar-refractivity contribution in [3.05, 3.63) is 86.3 Å². The molecule has 1 aliphatic carbocycles. The quantitative estimate of drug-likeness (QED) is 0.543. The highest BCUT2D eigenvalue weighted by molar-refractivity contribution is 5.99. The second-order valence-electron chi connectivity index (χ2n) is 7.12. The summed E-state index contributed by atoms with van der Waals surface area (Å²) in [5.41, 5.74) is 1.64. The normalized spacial score (nSPS) is 14.8. The van der Waals surface area contributed by atoms with E-state index >= 15 is 0 Å². The van der Waals surface area contributed by atoms with Crippen LogP contribution in [-0.4, -0.2) is 19.2 Å². The number of hydrogen-bond acceptors (Lipinski definition) is 4. The van der Waals surface area contributed by atoms with Gasteiger partial charge in [-0.15, -0.1) is 0 Å². The van der Waals surface area contributed by atoms with E-state index in [1.165, 1.54) is 24.7 Å². The summed E-state index contributed by atoms with van der Waals surface area (Å²) in [7, 11) is 2.89. The zero-order valence-electron chi connectivity index (χ0n) is 15.7. The average Bonchev–Trinajstić information content (AvgIpc) is 3.02. The molecule has 5 rings (SSSR count). The molecule has 1 atom stereocenters. The van der Waals surface area contributed by atoms with E-state index in [9.17, 15) is 19.1 Å². The smallest absolute Gasteiger partial charge is 0.332 e. The predicted molar refractivity (Wildman–Crippen MR) is 107 cm³/mol. The Labute approximate surface area is 164 Å². The van der Waals surface area contributed by atoms with Crippen molar-refractivity contribution in [2.45, 2.75) is 6.10 Å². The van der Waals surface area contributed by atoms with Gasteiger partial charge in [-0.05, 0) is 11.6 Å². The molecule has 144 valence electrons. The summed E-state index contributed by atoms with van der Waals surface area (Å²) in [5.74, 6) is -0.527. The number of aliphatic hydroxyl groups is 1. The largest absolute Gasteiger partial charge is 0.384 e. The molecule has 0 aliphatic heterocycles. The second kappa shape index (κ2) is 5.96. The Balaban J connectivity index is 2.09. The lowest BCUT2D eigenvalue weighted by Gasteiger charge is -2.17. The number of aromatic nitrogens is 3. The van der Waals surface area contributed by atoms with E-state index in [1.807, 2.05) is 12.1 Å². The minimum atomic E-state index is -1.06. The lowest BCUT2D eigenvalue weighted by molar-refractivity contribution is 0.225. The van der Waals surface area contributed by atoms with Crippen LogP contribution in [0, 0.1) is 5.82 Å². The Morgan fingerprint density at radius 3 is 2.34 bits per heavy atom. The summed E-state index contributed by atoms with van der Waals surface area (Å²) in [5, 5.41) is 11.2. The second-order valence-corrected chi connectivity index (χ2v) is 7.12. The monoisotopic (exact) mass is 389 g/mol. The van der Waals surface area contributed by atoms with E-state index in [2.05, 4.69) is 4.98 Å². The fourth-order valence-corrected chi connectivity index (χ4v) is 4.12. The SMILES string of the molecule is Cn1c(=O)c2c(-c3ccccc3F)c3c(nc2n(C)c1=O)-c1ccccc1[C@H]3O. The first-order chi connectivity index (χ1) is 13.9. The molecule has 0 fully saturated rings. The molecular weight excluding hydrogens is 373 g/mol. The summed E-state index contributed by atoms with van der Waals surface area (Å²) in [6, 6.07) is 13.3. The predicted octanol–water partition coefficient (Wildman–Crippen LogP) is 2.50. The summed E-state index contributed by atoms with van der Waals surface area (Å²) in [6.07, 6.45) is -1.06. The van der Waals surface area contributed by atoms with Gasteiger partial charge in [-0.1, -0.05) is 42.5 Å². The highest BCUT2D eigenvalue weighted by Gasteiger charge is 2.34. The molecule has 7 heteroatoms. The topological polar surface area (TPSA) is 77.1 Å². The highest BCUT2D eigenvalue weighted by Crippen LogP contribution is 2.48. The molecule has 1 aliphatic rings. The zero-order chi connectivity index (χ0) is 20.4. The lowest BCUT2D eigenvalue weighted by atomic mass is 9.94. The number of pyridine rings is 1. The Kier molecular flexibility index (Phi) is 3.60. The number of benzene rings is 2. The van der Waals surface area contributed by atoms with Gasteiger partial charge in [0.2, 0.25) is 0 Å². The van der Waals surface area contributed by atoms with Crippen LogP contribution in [0.3, 0.4) is 0 Å². The van der Waals surface area contributed by atoms with Crippen molar-refractivity contribution in [3.63, 3.8) is 0 Å².